The predicted octanol–water partition coefficient (Wildman–Crippen LogP) is 5.75. The maximum Gasteiger partial charge on any atom is 0.338 e. The van der Waals surface area contributed by atoms with Crippen LogP contribution in [-0.2, 0) is 14.8 Å². The maximum absolute atomic E-state index is 13.2. The number of rotatable bonds is 8. The minimum atomic E-state index is -3.92. The van der Waals surface area contributed by atoms with Crippen molar-refractivity contribution in [3.05, 3.63) is 100 Å². The lowest BCUT2D eigenvalue weighted by atomic mass is 10.1. The van der Waals surface area contributed by atoms with Gasteiger partial charge in [0.25, 0.3) is 10.0 Å². The lowest BCUT2D eigenvalue weighted by Crippen LogP contribution is -2.25. The molecule has 0 spiro atoms. The molecule has 1 aliphatic heterocycles. The molecule has 0 saturated carbocycles. The highest BCUT2D eigenvalue weighted by Gasteiger charge is 2.25. The van der Waals surface area contributed by atoms with Gasteiger partial charge in [0.1, 0.15) is 13.2 Å². The molecule has 0 aliphatic carbocycles. The smallest absolute Gasteiger partial charge is 0.338 e. The molecule has 0 radical (unpaired) electrons. The summed E-state index contributed by atoms with van der Waals surface area (Å²) in [5.74, 6) is -0.211. The van der Waals surface area contributed by atoms with E-state index in [2.05, 4.69) is 4.72 Å². The molecule has 1 N–H and O–H groups in total. The van der Waals surface area contributed by atoms with E-state index in [1.807, 2.05) is 30.5 Å². The molecule has 11 heteroatoms. The SMILES string of the molecule is Cc1cc(C(=O)[C@@H](C)OC(=O)c2ccc(NS(=O)(=O)c3ccc4c(c3)OCCO4)cc2)c(C)n1-c1ccc(Cl)cc1. The van der Waals surface area contributed by atoms with Gasteiger partial charge >= 0.3 is 5.97 Å². The number of sulfonamides is 1. The van der Waals surface area contributed by atoms with Gasteiger partial charge in [-0.15, -0.1) is 0 Å². The Labute approximate surface area is 242 Å². The van der Waals surface area contributed by atoms with Crippen LogP contribution in [0, 0.1) is 13.8 Å². The van der Waals surface area contributed by atoms with Crippen LogP contribution in [0.5, 0.6) is 11.5 Å². The van der Waals surface area contributed by atoms with E-state index < -0.39 is 22.1 Å². The topological polar surface area (TPSA) is 113 Å². The summed E-state index contributed by atoms with van der Waals surface area (Å²) in [5, 5.41) is 0.610. The lowest BCUT2D eigenvalue weighted by molar-refractivity contribution is 0.0318. The van der Waals surface area contributed by atoms with E-state index in [4.69, 9.17) is 25.8 Å². The highest BCUT2D eigenvalue weighted by molar-refractivity contribution is 7.92. The number of halogens is 1. The van der Waals surface area contributed by atoms with Crippen LogP contribution in [0.2, 0.25) is 5.02 Å². The van der Waals surface area contributed by atoms with Gasteiger partial charge in [-0.1, -0.05) is 11.6 Å². The second kappa shape index (κ2) is 11.3. The molecule has 4 aromatic rings. The Morgan fingerprint density at radius 1 is 0.927 bits per heavy atom. The molecule has 5 rings (SSSR count). The van der Waals surface area contributed by atoms with Crippen molar-refractivity contribution in [2.75, 3.05) is 17.9 Å². The quantitative estimate of drug-likeness (QED) is 0.204. The van der Waals surface area contributed by atoms with Crippen LogP contribution in [-0.4, -0.2) is 44.1 Å². The van der Waals surface area contributed by atoms with Gasteiger partial charge in [0, 0.05) is 39.4 Å². The number of aryl methyl sites for hydroxylation is 1. The number of nitrogens with zero attached hydrogens (tertiary/aromatic N) is 1. The highest BCUT2D eigenvalue weighted by atomic mass is 35.5. The zero-order valence-electron chi connectivity index (χ0n) is 22.5. The van der Waals surface area contributed by atoms with Gasteiger partial charge in [-0.2, -0.15) is 0 Å². The molecule has 9 nitrogen and oxygen atoms in total. The molecule has 1 atom stereocenters. The van der Waals surface area contributed by atoms with Crippen LogP contribution >= 0.6 is 11.6 Å². The van der Waals surface area contributed by atoms with Gasteiger partial charge in [0.2, 0.25) is 5.78 Å². The first kappa shape index (κ1) is 28.3. The number of carbonyl (C=O) groups excluding carboxylic acids is 2. The van der Waals surface area contributed by atoms with Crippen molar-refractivity contribution in [1.82, 2.24) is 4.57 Å². The molecule has 1 aromatic heterocycles. The summed E-state index contributed by atoms with van der Waals surface area (Å²) in [6.45, 7) is 5.97. The summed E-state index contributed by atoms with van der Waals surface area (Å²) in [6, 6.07) is 19.1. The van der Waals surface area contributed by atoms with E-state index in [1.54, 1.807) is 24.3 Å². The Kier molecular flexibility index (Phi) is 7.79. The Morgan fingerprint density at radius 3 is 2.27 bits per heavy atom. The predicted molar refractivity (Wildman–Crippen MR) is 154 cm³/mol. The van der Waals surface area contributed by atoms with Gasteiger partial charge < -0.3 is 18.8 Å². The van der Waals surface area contributed by atoms with Crippen LogP contribution in [0.3, 0.4) is 0 Å². The zero-order valence-corrected chi connectivity index (χ0v) is 24.1. The number of benzene rings is 3. The number of hydrogen-bond donors (Lipinski definition) is 1. The van der Waals surface area contributed by atoms with E-state index in [9.17, 15) is 18.0 Å². The lowest BCUT2D eigenvalue weighted by Gasteiger charge is -2.19. The van der Waals surface area contributed by atoms with Crippen molar-refractivity contribution >= 4 is 39.1 Å². The minimum Gasteiger partial charge on any atom is -0.486 e. The first-order valence-electron chi connectivity index (χ1n) is 12.8. The normalized spacial score (nSPS) is 13.4. The highest BCUT2D eigenvalue weighted by Crippen LogP contribution is 2.33. The second-order valence-corrected chi connectivity index (χ2v) is 11.6. The molecular formula is C30H27ClN2O7S. The molecule has 1 aliphatic rings. The average molecular weight is 595 g/mol. The Balaban J connectivity index is 1.25. The number of nitrogens with one attached hydrogen (secondary N) is 1. The number of ketones is 1. The Morgan fingerprint density at radius 2 is 1.59 bits per heavy atom. The molecule has 212 valence electrons. The van der Waals surface area contributed by atoms with E-state index >= 15 is 0 Å². The summed E-state index contributed by atoms with van der Waals surface area (Å²) in [5.41, 5.74) is 3.28. The summed E-state index contributed by atoms with van der Waals surface area (Å²) < 4.78 is 46.5. The van der Waals surface area contributed by atoms with Crippen molar-refractivity contribution in [3.8, 4) is 17.2 Å². The number of anilines is 1. The van der Waals surface area contributed by atoms with Gasteiger partial charge in [0.05, 0.1) is 10.5 Å². The summed E-state index contributed by atoms with van der Waals surface area (Å²) in [7, 11) is -3.92. The molecule has 3 aromatic carbocycles. The number of esters is 1. The van der Waals surface area contributed by atoms with E-state index in [1.165, 1.54) is 43.3 Å². The standard InChI is InChI=1S/C30H27ClN2O7S/c1-18-16-26(19(2)33(18)24-10-6-22(31)7-11-24)29(34)20(3)40-30(35)21-4-8-23(9-5-21)32-41(36,37)25-12-13-27-28(17-25)39-15-14-38-27/h4-13,16-17,20,32H,14-15H2,1-3H3/t20-/m1/s1. The monoisotopic (exact) mass is 594 g/mol. The van der Waals surface area contributed by atoms with Gasteiger partial charge in [0.15, 0.2) is 17.6 Å². The van der Waals surface area contributed by atoms with Crippen molar-refractivity contribution in [1.29, 1.82) is 0 Å². The van der Waals surface area contributed by atoms with Crippen LogP contribution < -0.4 is 14.2 Å². The molecular weight excluding hydrogens is 568 g/mol. The zero-order chi connectivity index (χ0) is 29.3. The first-order chi connectivity index (χ1) is 19.5. The summed E-state index contributed by atoms with van der Waals surface area (Å²) in [6.07, 6.45) is -1.05. The van der Waals surface area contributed by atoms with Crippen LogP contribution in [0.4, 0.5) is 5.69 Å². The number of fused-ring (bicyclic) bond motifs is 1. The third kappa shape index (κ3) is 5.94. The van der Waals surface area contributed by atoms with Gasteiger partial charge in [-0.25, -0.2) is 13.2 Å². The van der Waals surface area contributed by atoms with Crippen LogP contribution in [0.1, 0.15) is 39.0 Å². The number of Topliss-reactive ketones (excluding diaryl/α,β-unsaturated/α-hetero) is 1. The first-order valence-corrected chi connectivity index (χ1v) is 14.6. The van der Waals surface area contributed by atoms with E-state index in [0.717, 1.165) is 11.4 Å². The number of hydrogen-bond acceptors (Lipinski definition) is 7. The number of ether oxygens (including phenoxy) is 3. The fourth-order valence-electron chi connectivity index (χ4n) is 4.58. The second-order valence-electron chi connectivity index (χ2n) is 9.50. The Hall–Kier alpha value is -4.28. The van der Waals surface area contributed by atoms with Crippen molar-refractivity contribution < 1.29 is 32.2 Å². The third-order valence-corrected chi connectivity index (χ3v) is 8.26. The van der Waals surface area contributed by atoms with Crippen molar-refractivity contribution in [2.24, 2.45) is 0 Å². The van der Waals surface area contributed by atoms with Crippen LogP contribution in [0.25, 0.3) is 5.69 Å². The average Bonchev–Trinajstić information content (AvgIpc) is 3.26. The summed E-state index contributed by atoms with van der Waals surface area (Å²) >= 11 is 6.01. The van der Waals surface area contributed by atoms with E-state index in [0.29, 0.717) is 41.0 Å². The van der Waals surface area contributed by atoms with Gasteiger partial charge in [-0.3, -0.25) is 9.52 Å². The van der Waals surface area contributed by atoms with Crippen molar-refractivity contribution in [3.63, 3.8) is 0 Å². The largest absolute Gasteiger partial charge is 0.486 e. The fourth-order valence-corrected chi connectivity index (χ4v) is 5.78. The minimum absolute atomic E-state index is 0.00741. The van der Waals surface area contributed by atoms with Crippen molar-refractivity contribution in [2.45, 2.75) is 31.8 Å². The molecule has 0 fully saturated rings. The Bertz CT molecular complexity index is 1730. The molecule has 41 heavy (non-hydrogen) atoms. The maximum atomic E-state index is 13.2. The number of carbonyl (C=O) groups is 2. The molecule has 0 unspecified atom stereocenters. The number of aromatic nitrogens is 1. The van der Waals surface area contributed by atoms with E-state index in [-0.39, 0.29) is 21.9 Å². The fraction of sp³-hybridized carbons (Fsp3) is 0.200. The molecule has 2 heterocycles. The van der Waals surface area contributed by atoms with Gasteiger partial charge in [-0.05, 0) is 87.5 Å². The molecule has 0 amide bonds. The third-order valence-electron chi connectivity index (χ3n) is 6.63. The molecule has 0 saturated heterocycles. The molecule has 0 bridgehead atoms. The summed E-state index contributed by atoms with van der Waals surface area (Å²) in [4.78, 5) is 26.0. The van der Waals surface area contributed by atoms with Crippen LogP contribution in [0.15, 0.2) is 77.7 Å².